The van der Waals surface area contributed by atoms with E-state index in [-0.39, 0.29) is 0 Å². The zero-order valence-corrected chi connectivity index (χ0v) is 8.19. The second-order valence-electron chi connectivity index (χ2n) is 3.32. The van der Waals surface area contributed by atoms with E-state index in [0.717, 1.165) is 24.5 Å². The van der Waals surface area contributed by atoms with Gasteiger partial charge in [-0.05, 0) is 12.1 Å². The van der Waals surface area contributed by atoms with Crippen LogP contribution in [0.15, 0.2) is 18.3 Å². The van der Waals surface area contributed by atoms with Crippen molar-refractivity contribution >= 4 is 0 Å². The van der Waals surface area contributed by atoms with Crippen LogP contribution in [-0.4, -0.2) is 31.3 Å². The van der Waals surface area contributed by atoms with Gasteiger partial charge in [-0.3, -0.25) is 4.98 Å². The summed E-state index contributed by atoms with van der Waals surface area (Å²) in [5.74, 6) is 0.830. The standard InChI is InChI=1S/C10H14N2O2/c1-13-7-8-2-3-9(6-12-8)14-10-4-11-5-10/h2-3,6,10-11H,4-5,7H2,1H3. The summed E-state index contributed by atoms with van der Waals surface area (Å²) in [7, 11) is 1.66. The summed E-state index contributed by atoms with van der Waals surface area (Å²) < 4.78 is 10.6. The first-order chi connectivity index (χ1) is 6.88. The number of hydrogen-bond donors (Lipinski definition) is 1. The molecule has 0 amide bonds. The molecule has 0 spiro atoms. The van der Waals surface area contributed by atoms with Crippen molar-refractivity contribution in [1.82, 2.24) is 10.3 Å². The molecule has 0 atom stereocenters. The van der Waals surface area contributed by atoms with Crippen LogP contribution in [-0.2, 0) is 11.3 Å². The van der Waals surface area contributed by atoms with E-state index in [4.69, 9.17) is 9.47 Å². The lowest BCUT2D eigenvalue weighted by atomic mass is 10.2. The Hall–Kier alpha value is -1.13. The van der Waals surface area contributed by atoms with E-state index in [9.17, 15) is 0 Å². The highest BCUT2D eigenvalue weighted by Gasteiger charge is 2.17. The molecule has 0 aliphatic carbocycles. The summed E-state index contributed by atoms with van der Waals surface area (Å²) in [5, 5.41) is 3.15. The van der Waals surface area contributed by atoms with Crippen molar-refractivity contribution in [1.29, 1.82) is 0 Å². The molecule has 76 valence electrons. The van der Waals surface area contributed by atoms with Crippen LogP contribution in [0.2, 0.25) is 0 Å². The van der Waals surface area contributed by atoms with Crippen molar-refractivity contribution in [2.75, 3.05) is 20.2 Å². The van der Waals surface area contributed by atoms with Crippen LogP contribution in [0.4, 0.5) is 0 Å². The van der Waals surface area contributed by atoms with E-state index in [0.29, 0.717) is 12.7 Å². The van der Waals surface area contributed by atoms with Crippen LogP contribution >= 0.6 is 0 Å². The zero-order chi connectivity index (χ0) is 9.80. The molecule has 0 radical (unpaired) electrons. The average Bonchev–Trinajstić information content (AvgIpc) is 2.14. The molecule has 2 heterocycles. The lowest BCUT2D eigenvalue weighted by molar-refractivity contribution is 0.141. The molecule has 4 nitrogen and oxygen atoms in total. The van der Waals surface area contributed by atoms with Gasteiger partial charge in [-0.1, -0.05) is 0 Å². The fraction of sp³-hybridized carbons (Fsp3) is 0.500. The van der Waals surface area contributed by atoms with Gasteiger partial charge in [0.25, 0.3) is 0 Å². The summed E-state index contributed by atoms with van der Waals surface area (Å²) in [6.45, 7) is 2.41. The van der Waals surface area contributed by atoms with Crippen LogP contribution in [0.3, 0.4) is 0 Å². The van der Waals surface area contributed by atoms with Crippen molar-refractivity contribution in [2.45, 2.75) is 12.7 Å². The average molecular weight is 194 g/mol. The molecule has 1 aromatic heterocycles. The first-order valence-electron chi connectivity index (χ1n) is 4.70. The Morgan fingerprint density at radius 3 is 2.86 bits per heavy atom. The van der Waals surface area contributed by atoms with Gasteiger partial charge in [0.2, 0.25) is 0 Å². The van der Waals surface area contributed by atoms with Gasteiger partial charge in [0.15, 0.2) is 0 Å². The maximum absolute atomic E-state index is 5.62. The van der Waals surface area contributed by atoms with E-state index in [2.05, 4.69) is 10.3 Å². The Morgan fingerprint density at radius 2 is 2.36 bits per heavy atom. The zero-order valence-electron chi connectivity index (χ0n) is 8.19. The molecular weight excluding hydrogens is 180 g/mol. The van der Waals surface area contributed by atoms with Gasteiger partial charge < -0.3 is 14.8 Å². The predicted octanol–water partition coefficient (Wildman–Crippen LogP) is 0.579. The summed E-state index contributed by atoms with van der Waals surface area (Å²) in [4.78, 5) is 4.21. The molecule has 1 fully saturated rings. The maximum atomic E-state index is 5.62. The number of rotatable bonds is 4. The predicted molar refractivity (Wildman–Crippen MR) is 52.2 cm³/mol. The van der Waals surface area contributed by atoms with Crippen molar-refractivity contribution in [3.05, 3.63) is 24.0 Å². The van der Waals surface area contributed by atoms with E-state index < -0.39 is 0 Å². The van der Waals surface area contributed by atoms with Crippen molar-refractivity contribution in [2.24, 2.45) is 0 Å². The smallest absolute Gasteiger partial charge is 0.138 e. The monoisotopic (exact) mass is 194 g/mol. The van der Waals surface area contributed by atoms with Gasteiger partial charge in [-0.2, -0.15) is 0 Å². The number of nitrogens with one attached hydrogen (secondary N) is 1. The van der Waals surface area contributed by atoms with Crippen LogP contribution in [0, 0.1) is 0 Å². The largest absolute Gasteiger partial charge is 0.486 e. The Balaban J connectivity index is 1.91. The Bertz CT molecular complexity index is 283. The lowest BCUT2D eigenvalue weighted by Crippen LogP contribution is -2.50. The minimum Gasteiger partial charge on any atom is -0.486 e. The molecule has 1 aromatic rings. The minimum atomic E-state index is 0.310. The second-order valence-corrected chi connectivity index (χ2v) is 3.32. The highest BCUT2D eigenvalue weighted by molar-refractivity contribution is 5.20. The molecule has 0 bridgehead atoms. The van der Waals surface area contributed by atoms with Crippen LogP contribution < -0.4 is 10.1 Å². The third-order valence-corrected chi connectivity index (χ3v) is 2.14. The highest BCUT2D eigenvalue weighted by atomic mass is 16.5. The number of aromatic nitrogens is 1. The van der Waals surface area contributed by atoms with Crippen molar-refractivity contribution in [3.8, 4) is 5.75 Å². The topological polar surface area (TPSA) is 43.4 Å². The molecule has 1 saturated heterocycles. The molecule has 0 unspecified atom stereocenters. The van der Waals surface area contributed by atoms with E-state index in [1.165, 1.54) is 0 Å². The first kappa shape index (κ1) is 9.43. The number of hydrogen-bond acceptors (Lipinski definition) is 4. The van der Waals surface area contributed by atoms with Gasteiger partial charge in [-0.15, -0.1) is 0 Å². The minimum absolute atomic E-state index is 0.310. The Morgan fingerprint density at radius 1 is 1.50 bits per heavy atom. The normalized spacial score (nSPS) is 16.4. The van der Waals surface area contributed by atoms with Crippen LogP contribution in [0.5, 0.6) is 5.75 Å². The number of methoxy groups -OCH3 is 1. The molecule has 1 aliphatic rings. The van der Waals surface area contributed by atoms with Gasteiger partial charge >= 0.3 is 0 Å². The highest BCUT2D eigenvalue weighted by Crippen LogP contribution is 2.13. The summed E-state index contributed by atoms with van der Waals surface area (Å²) in [6, 6.07) is 3.85. The number of pyridine rings is 1. The summed E-state index contributed by atoms with van der Waals surface area (Å²) >= 11 is 0. The summed E-state index contributed by atoms with van der Waals surface area (Å²) in [6.07, 6.45) is 2.05. The van der Waals surface area contributed by atoms with Crippen LogP contribution in [0.25, 0.3) is 0 Å². The van der Waals surface area contributed by atoms with Crippen molar-refractivity contribution < 1.29 is 9.47 Å². The number of ether oxygens (including phenoxy) is 2. The summed E-state index contributed by atoms with van der Waals surface area (Å²) in [5.41, 5.74) is 0.923. The SMILES string of the molecule is COCc1ccc(OC2CNC2)cn1. The van der Waals surface area contributed by atoms with E-state index in [1.807, 2.05) is 12.1 Å². The quantitative estimate of drug-likeness (QED) is 0.761. The first-order valence-corrected chi connectivity index (χ1v) is 4.70. The fourth-order valence-corrected chi connectivity index (χ4v) is 1.25. The molecule has 0 saturated carbocycles. The molecular formula is C10H14N2O2. The lowest BCUT2D eigenvalue weighted by Gasteiger charge is -2.27. The number of nitrogens with zero attached hydrogens (tertiary/aromatic N) is 1. The van der Waals surface area contributed by atoms with Crippen molar-refractivity contribution in [3.63, 3.8) is 0 Å². The van der Waals surface area contributed by atoms with Gasteiger partial charge in [0, 0.05) is 20.2 Å². The van der Waals surface area contributed by atoms with Gasteiger partial charge in [0.1, 0.15) is 11.9 Å². The Kier molecular flexibility index (Phi) is 2.96. The molecule has 2 rings (SSSR count). The molecule has 1 aliphatic heterocycles. The van der Waals surface area contributed by atoms with Gasteiger partial charge in [0.05, 0.1) is 18.5 Å². The molecule has 1 N–H and O–H groups in total. The van der Waals surface area contributed by atoms with E-state index >= 15 is 0 Å². The third-order valence-electron chi connectivity index (χ3n) is 2.14. The van der Waals surface area contributed by atoms with Gasteiger partial charge in [-0.25, -0.2) is 0 Å². The van der Waals surface area contributed by atoms with E-state index in [1.54, 1.807) is 13.3 Å². The Labute approximate surface area is 83.2 Å². The maximum Gasteiger partial charge on any atom is 0.138 e. The fourth-order valence-electron chi connectivity index (χ4n) is 1.25. The molecule has 14 heavy (non-hydrogen) atoms. The molecule has 0 aromatic carbocycles. The molecule has 4 heteroatoms. The second kappa shape index (κ2) is 4.39. The van der Waals surface area contributed by atoms with Crippen LogP contribution in [0.1, 0.15) is 5.69 Å². The third kappa shape index (κ3) is 2.21.